The molecule has 0 radical (unpaired) electrons. The number of nitro groups is 1. The summed E-state index contributed by atoms with van der Waals surface area (Å²) in [7, 11) is 5.12. The maximum atomic E-state index is 10.5. The molecular weight excluding hydrogens is 236 g/mol. The first kappa shape index (κ1) is 14.6. The van der Waals surface area contributed by atoms with Crippen LogP contribution < -0.4 is 0 Å². The lowest BCUT2D eigenvalue weighted by Gasteiger charge is -2.21. The van der Waals surface area contributed by atoms with Crippen LogP contribution in [0.2, 0.25) is 0 Å². The van der Waals surface area contributed by atoms with E-state index < -0.39 is 4.92 Å². The molecule has 0 saturated carbocycles. The van der Waals surface area contributed by atoms with Crippen LogP contribution in [0.1, 0.15) is 5.56 Å². The van der Waals surface area contributed by atoms with E-state index in [9.17, 15) is 10.1 Å². The predicted octanol–water partition coefficient (Wildman–Crippen LogP) is 1.65. The van der Waals surface area contributed by atoms with Crippen LogP contribution in [0.25, 0.3) is 0 Å². The van der Waals surface area contributed by atoms with Gasteiger partial charge in [0.15, 0.2) is 6.29 Å². The number of hydrogen-bond donors (Lipinski definition) is 0. The van der Waals surface area contributed by atoms with Gasteiger partial charge < -0.3 is 9.47 Å². The fourth-order valence-electron chi connectivity index (χ4n) is 1.60. The first-order valence-electron chi connectivity index (χ1n) is 5.54. The highest BCUT2D eigenvalue weighted by Gasteiger charge is 2.10. The van der Waals surface area contributed by atoms with Gasteiger partial charge in [0.2, 0.25) is 0 Å². The van der Waals surface area contributed by atoms with E-state index in [0.717, 1.165) is 5.56 Å². The summed E-state index contributed by atoms with van der Waals surface area (Å²) >= 11 is 0. The molecule has 0 aromatic heterocycles. The average molecular weight is 254 g/mol. The zero-order valence-electron chi connectivity index (χ0n) is 10.8. The molecule has 0 aliphatic rings. The van der Waals surface area contributed by atoms with Crippen LogP contribution in [0.5, 0.6) is 0 Å². The number of nitrogens with zero attached hydrogens (tertiary/aromatic N) is 2. The number of likely N-dealkylation sites (N-methyl/N-ethyl adjacent to an activating group) is 1. The number of non-ortho nitro benzene ring substituents is 1. The minimum absolute atomic E-state index is 0.105. The first-order valence-corrected chi connectivity index (χ1v) is 5.54. The highest BCUT2D eigenvalue weighted by atomic mass is 16.7. The van der Waals surface area contributed by atoms with Crippen molar-refractivity contribution in [3.63, 3.8) is 0 Å². The van der Waals surface area contributed by atoms with Gasteiger partial charge in [0.05, 0.1) is 4.92 Å². The fourth-order valence-corrected chi connectivity index (χ4v) is 1.60. The second-order valence-electron chi connectivity index (χ2n) is 4.02. The highest BCUT2D eigenvalue weighted by Crippen LogP contribution is 2.13. The van der Waals surface area contributed by atoms with Gasteiger partial charge in [-0.3, -0.25) is 15.0 Å². The van der Waals surface area contributed by atoms with E-state index in [1.165, 1.54) is 12.1 Å². The van der Waals surface area contributed by atoms with Crippen molar-refractivity contribution >= 4 is 5.69 Å². The third kappa shape index (κ3) is 4.40. The van der Waals surface area contributed by atoms with Crippen LogP contribution in [-0.4, -0.2) is 43.9 Å². The number of methoxy groups -OCH3 is 2. The van der Waals surface area contributed by atoms with Crippen LogP contribution in [-0.2, 0) is 16.0 Å². The molecule has 0 aliphatic carbocycles. The molecule has 0 atom stereocenters. The van der Waals surface area contributed by atoms with Crippen molar-refractivity contribution in [3.8, 4) is 0 Å². The Balaban J connectivity index is 2.53. The van der Waals surface area contributed by atoms with E-state index in [2.05, 4.69) is 0 Å². The maximum absolute atomic E-state index is 10.5. The summed E-state index contributed by atoms with van der Waals surface area (Å²) < 4.78 is 10.2. The molecule has 0 unspecified atom stereocenters. The smallest absolute Gasteiger partial charge is 0.269 e. The Bertz CT molecular complexity index is 376. The number of hydrogen-bond acceptors (Lipinski definition) is 5. The molecule has 6 heteroatoms. The Morgan fingerprint density at radius 2 is 1.83 bits per heavy atom. The number of ether oxygens (including phenoxy) is 2. The van der Waals surface area contributed by atoms with Crippen molar-refractivity contribution in [1.29, 1.82) is 0 Å². The fraction of sp³-hybridized carbons (Fsp3) is 0.500. The number of rotatable bonds is 7. The summed E-state index contributed by atoms with van der Waals surface area (Å²) in [6.07, 6.45) is -0.270. The second kappa shape index (κ2) is 7.05. The van der Waals surface area contributed by atoms with Crippen LogP contribution in [0.4, 0.5) is 5.69 Å². The Morgan fingerprint density at radius 1 is 1.28 bits per heavy atom. The Morgan fingerprint density at radius 3 is 2.28 bits per heavy atom. The van der Waals surface area contributed by atoms with E-state index in [1.54, 1.807) is 26.4 Å². The Labute approximate surface area is 106 Å². The van der Waals surface area contributed by atoms with Gasteiger partial charge in [0.1, 0.15) is 0 Å². The molecule has 1 rings (SSSR count). The largest absolute Gasteiger partial charge is 0.355 e. The van der Waals surface area contributed by atoms with Crippen molar-refractivity contribution < 1.29 is 14.4 Å². The van der Waals surface area contributed by atoms with Gasteiger partial charge in [-0.25, -0.2) is 0 Å². The van der Waals surface area contributed by atoms with Gasteiger partial charge in [-0.1, -0.05) is 12.1 Å². The van der Waals surface area contributed by atoms with Crippen LogP contribution >= 0.6 is 0 Å². The first-order chi connectivity index (χ1) is 8.56. The molecule has 0 amide bonds. The van der Waals surface area contributed by atoms with E-state index in [1.807, 2.05) is 11.9 Å². The quantitative estimate of drug-likeness (QED) is 0.420. The summed E-state index contributed by atoms with van der Waals surface area (Å²) in [4.78, 5) is 12.1. The van der Waals surface area contributed by atoms with Gasteiger partial charge >= 0.3 is 0 Å². The molecule has 0 heterocycles. The lowest BCUT2D eigenvalue weighted by atomic mass is 10.2. The third-order valence-corrected chi connectivity index (χ3v) is 2.59. The molecule has 6 nitrogen and oxygen atoms in total. The Hall–Kier alpha value is -1.50. The molecule has 0 spiro atoms. The average Bonchev–Trinajstić information content (AvgIpc) is 2.36. The normalized spacial score (nSPS) is 11.2. The van der Waals surface area contributed by atoms with Crippen LogP contribution in [0.3, 0.4) is 0 Å². The molecule has 1 aromatic carbocycles. The monoisotopic (exact) mass is 254 g/mol. The van der Waals surface area contributed by atoms with Crippen LogP contribution in [0, 0.1) is 10.1 Å². The van der Waals surface area contributed by atoms with E-state index in [0.29, 0.717) is 13.1 Å². The minimum atomic E-state index is -0.403. The van der Waals surface area contributed by atoms with Crippen molar-refractivity contribution in [2.45, 2.75) is 12.8 Å². The zero-order valence-corrected chi connectivity index (χ0v) is 10.8. The lowest BCUT2D eigenvalue weighted by molar-refractivity contribution is -0.384. The van der Waals surface area contributed by atoms with E-state index in [-0.39, 0.29) is 12.0 Å². The molecule has 1 aromatic rings. The van der Waals surface area contributed by atoms with Crippen molar-refractivity contribution in [1.82, 2.24) is 4.90 Å². The van der Waals surface area contributed by atoms with Crippen molar-refractivity contribution in [2.24, 2.45) is 0 Å². The van der Waals surface area contributed by atoms with Crippen molar-refractivity contribution in [3.05, 3.63) is 39.9 Å². The molecule has 0 fully saturated rings. The molecule has 100 valence electrons. The number of benzene rings is 1. The summed E-state index contributed by atoms with van der Waals surface area (Å²) in [5.74, 6) is 0. The molecule has 0 aliphatic heterocycles. The molecular formula is C12H18N2O4. The summed E-state index contributed by atoms with van der Waals surface area (Å²) in [5, 5.41) is 10.5. The topological polar surface area (TPSA) is 64.8 Å². The second-order valence-corrected chi connectivity index (χ2v) is 4.02. The summed E-state index contributed by atoms with van der Waals surface area (Å²) in [5.41, 5.74) is 1.11. The minimum Gasteiger partial charge on any atom is -0.355 e. The standard InChI is InChI=1S/C12H18N2O4/c1-13(9-12(17-2)18-3)8-10-4-6-11(7-5-10)14(15)16/h4-7,12H,8-9H2,1-3H3. The van der Waals surface area contributed by atoms with Crippen molar-refractivity contribution in [2.75, 3.05) is 27.8 Å². The van der Waals surface area contributed by atoms with Gasteiger partial charge in [-0.2, -0.15) is 0 Å². The zero-order chi connectivity index (χ0) is 13.5. The third-order valence-electron chi connectivity index (χ3n) is 2.59. The molecule has 18 heavy (non-hydrogen) atoms. The molecule has 0 saturated heterocycles. The lowest BCUT2D eigenvalue weighted by Crippen LogP contribution is -2.31. The van der Waals surface area contributed by atoms with Gasteiger partial charge in [-0.15, -0.1) is 0 Å². The predicted molar refractivity (Wildman–Crippen MR) is 67.2 cm³/mol. The molecule has 0 bridgehead atoms. The van der Waals surface area contributed by atoms with E-state index >= 15 is 0 Å². The summed E-state index contributed by atoms with van der Waals surface area (Å²) in [6, 6.07) is 6.52. The van der Waals surface area contributed by atoms with Gasteiger partial charge in [-0.05, 0) is 12.6 Å². The summed E-state index contributed by atoms with van der Waals surface area (Å²) in [6.45, 7) is 1.31. The van der Waals surface area contributed by atoms with E-state index in [4.69, 9.17) is 9.47 Å². The SMILES string of the molecule is COC(CN(C)Cc1ccc([N+](=O)[O-])cc1)OC. The highest BCUT2D eigenvalue weighted by molar-refractivity contribution is 5.32. The molecule has 0 N–H and O–H groups in total. The number of nitro benzene ring substituents is 1. The Kier molecular flexibility index (Phi) is 5.70. The van der Waals surface area contributed by atoms with Crippen LogP contribution in [0.15, 0.2) is 24.3 Å². The van der Waals surface area contributed by atoms with Gasteiger partial charge in [0, 0.05) is 39.4 Å². The van der Waals surface area contributed by atoms with Gasteiger partial charge in [0.25, 0.3) is 5.69 Å². The maximum Gasteiger partial charge on any atom is 0.269 e.